The SMILES string of the molecule is COc1cc(/C=N/NC(=O)CSc2nnc(-c3ccccc3)n2-c2ccccc2)cc(Cl)c1O. The number of thioether (sulfide) groups is 1. The van der Waals surface area contributed by atoms with Crippen molar-refractivity contribution in [3.8, 4) is 28.6 Å². The fourth-order valence-corrected chi connectivity index (χ4v) is 4.08. The van der Waals surface area contributed by atoms with Crippen molar-refractivity contribution in [1.82, 2.24) is 20.2 Å². The number of aromatic hydroxyl groups is 1. The molecule has 2 N–H and O–H groups in total. The summed E-state index contributed by atoms with van der Waals surface area (Å²) in [6.45, 7) is 0. The van der Waals surface area contributed by atoms with Gasteiger partial charge in [-0.15, -0.1) is 10.2 Å². The van der Waals surface area contributed by atoms with Gasteiger partial charge in [0.05, 0.1) is 24.1 Å². The number of ether oxygens (including phenoxy) is 1. The van der Waals surface area contributed by atoms with Gasteiger partial charge < -0.3 is 9.84 Å². The largest absolute Gasteiger partial charge is 0.503 e. The molecule has 0 saturated carbocycles. The van der Waals surface area contributed by atoms with Crippen molar-refractivity contribution in [2.45, 2.75) is 5.16 Å². The second kappa shape index (κ2) is 10.9. The van der Waals surface area contributed by atoms with Gasteiger partial charge in [0.25, 0.3) is 5.91 Å². The number of halogens is 1. The third-order valence-electron chi connectivity index (χ3n) is 4.69. The molecule has 1 aromatic heterocycles. The Labute approximate surface area is 205 Å². The normalized spacial score (nSPS) is 11.0. The van der Waals surface area contributed by atoms with E-state index in [2.05, 4.69) is 20.7 Å². The predicted octanol–water partition coefficient (Wildman–Crippen LogP) is 4.54. The number of benzene rings is 3. The maximum absolute atomic E-state index is 12.4. The van der Waals surface area contributed by atoms with Crippen LogP contribution in [0.5, 0.6) is 11.5 Å². The monoisotopic (exact) mass is 493 g/mol. The number of para-hydroxylation sites is 1. The van der Waals surface area contributed by atoms with Crippen molar-refractivity contribution in [3.63, 3.8) is 0 Å². The number of phenolic OH excluding ortho intramolecular Hbond substituents is 1. The fourth-order valence-electron chi connectivity index (χ4n) is 3.11. The molecule has 0 atom stereocenters. The molecule has 0 radical (unpaired) electrons. The first-order valence-electron chi connectivity index (χ1n) is 10.1. The van der Waals surface area contributed by atoms with Crippen molar-refractivity contribution in [1.29, 1.82) is 0 Å². The molecule has 0 aliphatic carbocycles. The third kappa shape index (κ3) is 5.38. The quantitative estimate of drug-likeness (QED) is 0.212. The molecule has 0 fully saturated rings. The maximum Gasteiger partial charge on any atom is 0.250 e. The predicted molar refractivity (Wildman–Crippen MR) is 133 cm³/mol. The lowest BCUT2D eigenvalue weighted by atomic mass is 10.2. The molecule has 4 aromatic rings. The Balaban J connectivity index is 1.47. The molecule has 4 rings (SSSR count). The van der Waals surface area contributed by atoms with E-state index in [4.69, 9.17) is 16.3 Å². The van der Waals surface area contributed by atoms with Crippen molar-refractivity contribution in [2.24, 2.45) is 5.10 Å². The molecule has 1 amide bonds. The van der Waals surface area contributed by atoms with E-state index in [0.717, 1.165) is 11.3 Å². The lowest BCUT2D eigenvalue weighted by Gasteiger charge is -2.10. The second-order valence-electron chi connectivity index (χ2n) is 6.98. The first-order valence-corrected chi connectivity index (χ1v) is 11.5. The van der Waals surface area contributed by atoms with E-state index in [1.165, 1.54) is 31.2 Å². The average molecular weight is 494 g/mol. The van der Waals surface area contributed by atoms with Gasteiger partial charge in [0.2, 0.25) is 0 Å². The summed E-state index contributed by atoms with van der Waals surface area (Å²) in [6.07, 6.45) is 1.41. The van der Waals surface area contributed by atoms with E-state index in [0.29, 0.717) is 16.5 Å². The van der Waals surface area contributed by atoms with Gasteiger partial charge in [0.1, 0.15) is 0 Å². The Morgan fingerprint density at radius 1 is 1.15 bits per heavy atom. The first kappa shape index (κ1) is 23.3. The number of phenols is 1. The Kier molecular flexibility index (Phi) is 7.46. The number of carbonyl (C=O) groups is 1. The van der Waals surface area contributed by atoms with Crippen molar-refractivity contribution >= 4 is 35.5 Å². The summed E-state index contributed by atoms with van der Waals surface area (Å²) in [5.74, 6) is 0.508. The van der Waals surface area contributed by atoms with Gasteiger partial charge in [-0.2, -0.15) is 5.10 Å². The summed E-state index contributed by atoms with van der Waals surface area (Å²) in [4.78, 5) is 12.4. The molecule has 8 nitrogen and oxygen atoms in total. The molecule has 34 heavy (non-hydrogen) atoms. The molecule has 0 aliphatic rings. The van der Waals surface area contributed by atoms with Gasteiger partial charge >= 0.3 is 0 Å². The lowest BCUT2D eigenvalue weighted by Crippen LogP contribution is -2.20. The molecule has 0 spiro atoms. The minimum Gasteiger partial charge on any atom is -0.503 e. The van der Waals surface area contributed by atoms with E-state index in [1.807, 2.05) is 65.2 Å². The van der Waals surface area contributed by atoms with E-state index in [9.17, 15) is 9.90 Å². The molecular weight excluding hydrogens is 474 g/mol. The zero-order chi connectivity index (χ0) is 23.9. The molecule has 3 aromatic carbocycles. The minimum atomic E-state index is -0.318. The molecule has 0 unspecified atom stereocenters. The van der Waals surface area contributed by atoms with Gasteiger partial charge in [-0.3, -0.25) is 9.36 Å². The van der Waals surface area contributed by atoms with Crippen LogP contribution < -0.4 is 10.2 Å². The standard InChI is InChI=1S/C24H20ClN5O3S/c1-33-20-13-16(12-19(25)22(20)32)14-26-27-21(31)15-34-24-29-28-23(17-8-4-2-5-9-17)30(24)18-10-6-3-7-11-18/h2-14,32H,15H2,1H3,(H,27,31)/b26-14+. The number of aromatic nitrogens is 3. The maximum atomic E-state index is 12.4. The van der Waals surface area contributed by atoms with Gasteiger partial charge in [-0.25, -0.2) is 5.43 Å². The zero-order valence-corrected chi connectivity index (χ0v) is 19.6. The van der Waals surface area contributed by atoms with Gasteiger partial charge in [-0.05, 0) is 29.8 Å². The number of methoxy groups -OCH3 is 1. The van der Waals surface area contributed by atoms with Crippen LogP contribution >= 0.6 is 23.4 Å². The Morgan fingerprint density at radius 2 is 1.85 bits per heavy atom. The Hall–Kier alpha value is -3.82. The van der Waals surface area contributed by atoms with E-state index in [1.54, 1.807) is 6.07 Å². The van der Waals surface area contributed by atoms with Crippen molar-refractivity contribution < 1.29 is 14.6 Å². The summed E-state index contributed by atoms with van der Waals surface area (Å²) < 4.78 is 6.98. The number of hydrogen-bond donors (Lipinski definition) is 2. The Bertz CT molecular complexity index is 1310. The van der Waals surface area contributed by atoms with Crippen LogP contribution in [0.1, 0.15) is 5.56 Å². The number of rotatable bonds is 8. The van der Waals surface area contributed by atoms with Gasteiger partial charge in [-0.1, -0.05) is 71.9 Å². The highest BCUT2D eigenvalue weighted by molar-refractivity contribution is 7.99. The van der Waals surface area contributed by atoms with Crippen LogP contribution in [-0.2, 0) is 4.79 Å². The summed E-state index contributed by atoms with van der Waals surface area (Å²) >= 11 is 7.22. The second-order valence-corrected chi connectivity index (χ2v) is 8.33. The zero-order valence-electron chi connectivity index (χ0n) is 18.1. The fraction of sp³-hybridized carbons (Fsp3) is 0.0833. The summed E-state index contributed by atoms with van der Waals surface area (Å²) in [5.41, 5.74) is 4.85. The average Bonchev–Trinajstić information content (AvgIpc) is 3.30. The number of amides is 1. The van der Waals surface area contributed by atoms with Crippen LogP contribution in [0.15, 0.2) is 83.1 Å². The minimum absolute atomic E-state index is 0.0801. The smallest absolute Gasteiger partial charge is 0.250 e. The first-order chi connectivity index (χ1) is 16.6. The van der Waals surface area contributed by atoms with E-state index in [-0.39, 0.29) is 28.2 Å². The highest BCUT2D eigenvalue weighted by Gasteiger charge is 2.17. The van der Waals surface area contributed by atoms with E-state index >= 15 is 0 Å². The van der Waals surface area contributed by atoms with Gasteiger partial charge in [0, 0.05) is 11.3 Å². The molecule has 1 heterocycles. The van der Waals surface area contributed by atoms with Crippen LogP contribution in [0.4, 0.5) is 0 Å². The van der Waals surface area contributed by atoms with Crippen LogP contribution in [0.25, 0.3) is 17.1 Å². The number of hydrazone groups is 1. The number of nitrogens with zero attached hydrogens (tertiary/aromatic N) is 4. The topological polar surface area (TPSA) is 102 Å². The third-order valence-corrected chi connectivity index (χ3v) is 5.90. The molecule has 0 aliphatic heterocycles. The molecule has 172 valence electrons. The highest BCUT2D eigenvalue weighted by Crippen LogP contribution is 2.34. The van der Waals surface area contributed by atoms with Crippen LogP contribution in [0, 0.1) is 0 Å². The van der Waals surface area contributed by atoms with Crippen LogP contribution in [-0.4, -0.2) is 44.9 Å². The lowest BCUT2D eigenvalue weighted by molar-refractivity contribution is -0.118. The van der Waals surface area contributed by atoms with Crippen molar-refractivity contribution in [3.05, 3.63) is 83.4 Å². The summed E-state index contributed by atoms with van der Waals surface area (Å²) in [6, 6.07) is 22.5. The molecular formula is C24H20ClN5O3S. The number of nitrogens with one attached hydrogen (secondary N) is 1. The molecule has 10 heteroatoms. The van der Waals surface area contributed by atoms with Crippen molar-refractivity contribution in [2.75, 3.05) is 12.9 Å². The van der Waals surface area contributed by atoms with Gasteiger partial charge in [0.15, 0.2) is 22.5 Å². The van der Waals surface area contributed by atoms with E-state index < -0.39 is 0 Å². The number of carbonyl (C=O) groups excluding carboxylic acids is 1. The summed E-state index contributed by atoms with van der Waals surface area (Å²) in [5, 5.41) is 23.1. The number of hydrogen-bond acceptors (Lipinski definition) is 7. The highest BCUT2D eigenvalue weighted by atomic mass is 35.5. The summed E-state index contributed by atoms with van der Waals surface area (Å²) in [7, 11) is 1.42. The molecule has 0 saturated heterocycles. The van der Waals surface area contributed by atoms with Crippen LogP contribution in [0.3, 0.4) is 0 Å². The Morgan fingerprint density at radius 3 is 2.56 bits per heavy atom. The molecule has 0 bridgehead atoms. The van der Waals surface area contributed by atoms with Crippen LogP contribution in [0.2, 0.25) is 5.02 Å².